The molecule has 0 aliphatic rings. The maximum Gasteiger partial charge on any atom is 0.278 e. The number of para-hydroxylation sites is 1. The third kappa shape index (κ3) is 5.41. The molecule has 5 nitrogen and oxygen atoms in total. The lowest BCUT2D eigenvalue weighted by Crippen LogP contribution is -3.12. The molecule has 1 aromatic carbocycles. The molecular formula is C19H26N3O2S+. The summed E-state index contributed by atoms with van der Waals surface area (Å²) < 4.78 is 0. The van der Waals surface area contributed by atoms with Crippen LogP contribution in [-0.2, 0) is 16.1 Å². The number of carbonyl (C=O) groups is 2. The van der Waals surface area contributed by atoms with Crippen molar-refractivity contribution < 1.29 is 14.5 Å². The molecule has 0 aliphatic carbocycles. The second kappa shape index (κ2) is 8.78. The molecule has 0 saturated heterocycles. The van der Waals surface area contributed by atoms with E-state index in [4.69, 9.17) is 0 Å². The minimum atomic E-state index is -0.227. The van der Waals surface area contributed by atoms with Gasteiger partial charge in [0, 0.05) is 5.69 Å². The van der Waals surface area contributed by atoms with Gasteiger partial charge < -0.3 is 15.5 Å². The van der Waals surface area contributed by atoms with E-state index in [1.54, 1.807) is 11.3 Å². The lowest BCUT2D eigenvalue weighted by molar-refractivity contribution is -0.907. The Morgan fingerprint density at radius 2 is 1.84 bits per heavy atom. The number of nitrogens with one attached hydrogen (secondary N) is 3. The molecule has 0 spiro atoms. The molecule has 0 radical (unpaired) electrons. The van der Waals surface area contributed by atoms with Crippen molar-refractivity contribution in [2.75, 3.05) is 18.9 Å². The molecule has 2 amide bonds. The molecule has 6 heteroatoms. The van der Waals surface area contributed by atoms with Gasteiger partial charge in [0.1, 0.15) is 6.54 Å². The van der Waals surface area contributed by atoms with E-state index in [1.807, 2.05) is 57.5 Å². The van der Waals surface area contributed by atoms with Crippen molar-refractivity contribution in [1.29, 1.82) is 0 Å². The van der Waals surface area contributed by atoms with Crippen molar-refractivity contribution in [1.82, 2.24) is 5.32 Å². The highest BCUT2D eigenvalue weighted by Gasteiger charge is 2.22. The summed E-state index contributed by atoms with van der Waals surface area (Å²) in [6, 6.07) is 9.70. The minimum Gasteiger partial charge on any atom is -0.342 e. The number of amides is 2. The van der Waals surface area contributed by atoms with Crippen molar-refractivity contribution in [2.24, 2.45) is 0 Å². The van der Waals surface area contributed by atoms with Crippen LogP contribution in [0.2, 0.25) is 0 Å². The summed E-state index contributed by atoms with van der Waals surface area (Å²) in [6.45, 7) is 6.55. The van der Waals surface area contributed by atoms with Gasteiger partial charge in [-0.15, -0.1) is 11.3 Å². The van der Waals surface area contributed by atoms with Gasteiger partial charge >= 0.3 is 0 Å². The van der Waals surface area contributed by atoms with Crippen LogP contribution in [0.25, 0.3) is 0 Å². The first-order valence-electron chi connectivity index (χ1n) is 8.37. The smallest absolute Gasteiger partial charge is 0.278 e. The Hall–Kier alpha value is -2.18. The first-order valence-corrected chi connectivity index (χ1v) is 9.25. The molecule has 134 valence electrons. The highest BCUT2D eigenvalue weighted by molar-refractivity contribution is 7.09. The largest absolute Gasteiger partial charge is 0.342 e. The monoisotopic (exact) mass is 360 g/mol. The number of hydrogen-bond acceptors (Lipinski definition) is 3. The van der Waals surface area contributed by atoms with Gasteiger partial charge in [0.2, 0.25) is 5.91 Å². The Balaban J connectivity index is 1.83. The normalized spacial score (nSPS) is 13.1. The molecule has 3 N–H and O–H groups in total. The predicted octanol–water partition coefficient (Wildman–Crippen LogP) is 1.52. The number of rotatable bonds is 7. The fourth-order valence-corrected chi connectivity index (χ4v) is 3.38. The van der Waals surface area contributed by atoms with E-state index in [9.17, 15) is 9.59 Å². The average Bonchev–Trinajstić information content (AvgIpc) is 3.08. The van der Waals surface area contributed by atoms with Crippen molar-refractivity contribution in [3.05, 3.63) is 51.7 Å². The first kappa shape index (κ1) is 19.1. The second-order valence-corrected chi connectivity index (χ2v) is 7.39. The molecule has 0 bridgehead atoms. The van der Waals surface area contributed by atoms with Crippen LogP contribution in [-0.4, -0.2) is 31.4 Å². The van der Waals surface area contributed by atoms with Gasteiger partial charge in [-0.05, 0) is 43.3 Å². The summed E-state index contributed by atoms with van der Waals surface area (Å²) in [7, 11) is 1.99. The summed E-state index contributed by atoms with van der Waals surface area (Å²) in [5.41, 5.74) is 2.83. The number of anilines is 1. The molecule has 1 aromatic heterocycles. The SMILES string of the molecule is Cc1cccc(C)c1NC(=O)CNC(=O)[C@@H](C)[NH+](C)Cc1cccs1. The Kier molecular flexibility index (Phi) is 6.73. The summed E-state index contributed by atoms with van der Waals surface area (Å²) in [5, 5.41) is 7.65. The molecule has 2 aromatic rings. The number of quaternary nitrogens is 1. The number of likely N-dealkylation sites (N-methyl/N-ethyl adjacent to an activating group) is 1. The highest BCUT2D eigenvalue weighted by atomic mass is 32.1. The van der Waals surface area contributed by atoms with Gasteiger partial charge in [0.25, 0.3) is 5.91 Å². The standard InChI is InChI=1S/C19H25N3O2S/c1-13-7-5-8-14(2)18(13)21-17(23)11-20-19(24)15(3)22(4)12-16-9-6-10-25-16/h5-10,15H,11-12H2,1-4H3,(H,20,24)(H,21,23)/p+1/t15-/m1/s1. The van der Waals surface area contributed by atoms with E-state index in [2.05, 4.69) is 16.7 Å². The van der Waals surface area contributed by atoms with Crippen molar-refractivity contribution >= 4 is 28.8 Å². The van der Waals surface area contributed by atoms with Crippen LogP contribution in [0.4, 0.5) is 5.69 Å². The van der Waals surface area contributed by atoms with Gasteiger partial charge in [0.05, 0.1) is 18.5 Å². The van der Waals surface area contributed by atoms with Crippen molar-refractivity contribution in [3.8, 4) is 0 Å². The van der Waals surface area contributed by atoms with Crippen LogP contribution in [0, 0.1) is 13.8 Å². The molecule has 1 unspecified atom stereocenters. The van der Waals surface area contributed by atoms with Crippen LogP contribution in [0.1, 0.15) is 22.9 Å². The van der Waals surface area contributed by atoms with E-state index < -0.39 is 0 Å². The lowest BCUT2D eigenvalue weighted by Gasteiger charge is -2.20. The van der Waals surface area contributed by atoms with Crippen molar-refractivity contribution in [3.63, 3.8) is 0 Å². The van der Waals surface area contributed by atoms with Crippen LogP contribution in [0.5, 0.6) is 0 Å². The molecule has 1 heterocycles. The zero-order valence-electron chi connectivity index (χ0n) is 15.2. The molecule has 25 heavy (non-hydrogen) atoms. The third-order valence-corrected chi connectivity index (χ3v) is 5.21. The van der Waals surface area contributed by atoms with E-state index in [0.29, 0.717) is 0 Å². The van der Waals surface area contributed by atoms with E-state index in [-0.39, 0.29) is 24.4 Å². The van der Waals surface area contributed by atoms with Crippen LogP contribution >= 0.6 is 11.3 Å². The number of hydrogen-bond donors (Lipinski definition) is 3. The maximum atomic E-state index is 12.3. The Bertz CT molecular complexity index is 708. The summed E-state index contributed by atoms with van der Waals surface area (Å²) in [6.07, 6.45) is 0. The fraction of sp³-hybridized carbons (Fsp3) is 0.368. The van der Waals surface area contributed by atoms with Crippen LogP contribution < -0.4 is 15.5 Å². The quantitative estimate of drug-likeness (QED) is 0.701. The zero-order valence-corrected chi connectivity index (χ0v) is 16.0. The molecule has 0 aliphatic heterocycles. The van der Waals surface area contributed by atoms with Crippen LogP contribution in [0.15, 0.2) is 35.7 Å². The fourth-order valence-electron chi connectivity index (χ4n) is 2.58. The van der Waals surface area contributed by atoms with E-state index in [0.717, 1.165) is 28.3 Å². The molecule has 2 atom stereocenters. The number of aryl methyl sites for hydroxylation is 2. The molecule has 0 fully saturated rings. The molecule has 0 saturated carbocycles. The lowest BCUT2D eigenvalue weighted by atomic mass is 10.1. The third-order valence-electron chi connectivity index (χ3n) is 4.33. The predicted molar refractivity (Wildman–Crippen MR) is 102 cm³/mol. The summed E-state index contributed by atoms with van der Waals surface area (Å²) >= 11 is 1.69. The van der Waals surface area contributed by atoms with Gasteiger partial charge in [-0.25, -0.2) is 0 Å². The van der Waals surface area contributed by atoms with E-state index >= 15 is 0 Å². The summed E-state index contributed by atoms with van der Waals surface area (Å²) in [4.78, 5) is 26.8. The minimum absolute atomic E-state index is 0.0246. The van der Waals surface area contributed by atoms with E-state index in [1.165, 1.54) is 4.88 Å². The molecule has 2 rings (SSSR count). The highest BCUT2D eigenvalue weighted by Crippen LogP contribution is 2.18. The number of thiophene rings is 1. The zero-order chi connectivity index (χ0) is 18.4. The Labute approximate surface area is 153 Å². The first-order chi connectivity index (χ1) is 11.9. The molecular weight excluding hydrogens is 334 g/mol. The van der Waals surface area contributed by atoms with Crippen molar-refractivity contribution in [2.45, 2.75) is 33.4 Å². The van der Waals surface area contributed by atoms with Gasteiger partial charge in [0.15, 0.2) is 6.04 Å². The van der Waals surface area contributed by atoms with Gasteiger partial charge in [-0.3, -0.25) is 9.59 Å². The average molecular weight is 361 g/mol. The number of benzene rings is 1. The Morgan fingerprint density at radius 3 is 2.44 bits per heavy atom. The van der Waals surface area contributed by atoms with Crippen LogP contribution in [0.3, 0.4) is 0 Å². The van der Waals surface area contributed by atoms with Gasteiger partial charge in [-0.1, -0.05) is 24.3 Å². The second-order valence-electron chi connectivity index (χ2n) is 6.36. The Morgan fingerprint density at radius 1 is 1.16 bits per heavy atom. The topological polar surface area (TPSA) is 62.6 Å². The van der Waals surface area contributed by atoms with Gasteiger partial charge in [-0.2, -0.15) is 0 Å². The maximum absolute atomic E-state index is 12.3. The number of carbonyl (C=O) groups excluding carboxylic acids is 2. The summed E-state index contributed by atoms with van der Waals surface area (Å²) in [5.74, 6) is -0.334.